The zero-order chi connectivity index (χ0) is 37.1. The van der Waals surface area contributed by atoms with E-state index in [1.54, 1.807) is 19.1 Å². The Morgan fingerprint density at radius 3 is 2.48 bits per heavy atom. The molecule has 2 fully saturated rings. The summed E-state index contributed by atoms with van der Waals surface area (Å²) in [6.45, 7) is 11.4. The summed E-state index contributed by atoms with van der Waals surface area (Å²) in [7, 11) is -5.69. The van der Waals surface area contributed by atoms with Crippen molar-refractivity contribution >= 4 is 47.3 Å². The third-order valence-corrected chi connectivity index (χ3v) is 14.4. The molecule has 282 valence electrons. The van der Waals surface area contributed by atoms with Crippen LogP contribution in [0.4, 0.5) is 5.82 Å². The molecule has 3 aromatic rings. The summed E-state index contributed by atoms with van der Waals surface area (Å²) in [6, 6.07) is 13.9. The van der Waals surface area contributed by atoms with Crippen LogP contribution in [0.5, 0.6) is 0 Å². The molecular weight excluding hydrogens is 716 g/mol. The van der Waals surface area contributed by atoms with E-state index >= 15 is 0 Å². The van der Waals surface area contributed by atoms with Crippen LogP contribution in [0.1, 0.15) is 88.0 Å². The molecule has 10 nitrogen and oxygen atoms in total. The highest BCUT2D eigenvalue weighted by atomic mass is 35.5. The minimum absolute atomic E-state index is 0.0123. The van der Waals surface area contributed by atoms with Crippen molar-refractivity contribution in [1.29, 1.82) is 0 Å². The molecule has 1 aromatic heterocycles. The normalized spacial score (nSPS) is 17.6. The molecule has 52 heavy (non-hydrogen) atoms. The van der Waals surface area contributed by atoms with Gasteiger partial charge in [-0.05, 0) is 74.2 Å². The van der Waals surface area contributed by atoms with Gasteiger partial charge in [0.05, 0.1) is 24.2 Å². The van der Waals surface area contributed by atoms with E-state index < -0.39 is 23.6 Å². The second kappa shape index (κ2) is 16.1. The Bertz CT molecular complexity index is 1880. The van der Waals surface area contributed by atoms with E-state index in [1.165, 1.54) is 0 Å². The van der Waals surface area contributed by atoms with Gasteiger partial charge in [0.2, 0.25) is 5.82 Å². The highest BCUT2D eigenvalue weighted by Crippen LogP contribution is 2.41. The minimum atomic E-state index is -4.26. The van der Waals surface area contributed by atoms with Crippen molar-refractivity contribution in [3.63, 3.8) is 0 Å². The van der Waals surface area contributed by atoms with Crippen LogP contribution in [0, 0.1) is 6.92 Å². The van der Waals surface area contributed by atoms with Crippen LogP contribution in [0.2, 0.25) is 30.7 Å². The number of amidine groups is 1. The first-order valence-electron chi connectivity index (χ1n) is 18.8. The van der Waals surface area contributed by atoms with Gasteiger partial charge < -0.3 is 14.0 Å². The number of benzene rings is 2. The van der Waals surface area contributed by atoms with Gasteiger partial charge >= 0.3 is 0 Å². The number of unbranched alkanes of at least 4 members (excludes halogenated alkanes) is 1. The molecule has 2 heterocycles. The number of nitrogens with zero attached hydrogens (tertiary/aromatic N) is 4. The Kier molecular flexibility index (Phi) is 12.0. The molecule has 1 amide bonds. The third kappa shape index (κ3) is 8.36. The number of aliphatic imine (C=N–C) groups is 1. The monoisotopic (exact) mass is 768 g/mol. The molecule has 2 saturated carbocycles. The average Bonchev–Trinajstić information content (AvgIpc) is 3.77. The smallest absolute Gasteiger partial charge is 0.268 e. The van der Waals surface area contributed by atoms with E-state index in [4.69, 9.17) is 30.6 Å². The molecule has 0 unspecified atom stereocenters. The van der Waals surface area contributed by atoms with Gasteiger partial charge in [-0.2, -0.15) is 0 Å². The summed E-state index contributed by atoms with van der Waals surface area (Å²) in [5.41, 5.74) is 2.46. The standard InChI is InChI=1S/C39H53ClN4O6SSi/c1-6-7-17-35-41-39(20-10-11-21-39)38(45)43(35)25-29-18-19-32(30(24-29)26-49-31-13-12-14-31)33-15-8-9-16-34(33)51(46,47)44(27-48-22-23-52(3,4)5)37-36(40)28(2)50-42-37/h8-9,15-16,18-19,24,31H,6-7,10-14,17,20-23,25-27H2,1-5H3. The number of rotatable bonds is 17. The van der Waals surface area contributed by atoms with Gasteiger partial charge in [-0.15, -0.1) is 0 Å². The number of hydrogen-bond donors (Lipinski definition) is 0. The molecule has 2 aliphatic carbocycles. The van der Waals surface area contributed by atoms with Crippen LogP contribution < -0.4 is 4.31 Å². The van der Waals surface area contributed by atoms with E-state index in [9.17, 15) is 13.2 Å². The van der Waals surface area contributed by atoms with Crippen molar-refractivity contribution in [2.45, 2.75) is 133 Å². The number of carbonyl (C=O) groups excluding carboxylic acids is 1. The molecule has 1 aliphatic heterocycles. The predicted octanol–water partition coefficient (Wildman–Crippen LogP) is 9.12. The van der Waals surface area contributed by atoms with Crippen molar-refractivity contribution < 1.29 is 27.2 Å². The van der Waals surface area contributed by atoms with Gasteiger partial charge in [0.15, 0.2) is 5.76 Å². The van der Waals surface area contributed by atoms with E-state index in [0.29, 0.717) is 31.1 Å². The zero-order valence-corrected chi connectivity index (χ0v) is 33.8. The van der Waals surface area contributed by atoms with E-state index in [-0.39, 0.29) is 34.5 Å². The van der Waals surface area contributed by atoms with Gasteiger partial charge in [-0.25, -0.2) is 12.7 Å². The molecule has 0 radical (unpaired) electrons. The molecule has 0 bridgehead atoms. The molecule has 0 saturated heterocycles. The number of aryl methyl sites for hydroxylation is 1. The average molecular weight is 769 g/mol. The fourth-order valence-electron chi connectivity index (χ4n) is 7.06. The molecule has 1 spiro atoms. The maximum absolute atomic E-state index is 14.7. The lowest BCUT2D eigenvalue weighted by Gasteiger charge is -2.27. The lowest BCUT2D eigenvalue weighted by molar-refractivity contribution is -0.131. The van der Waals surface area contributed by atoms with Gasteiger partial charge in [0.25, 0.3) is 15.9 Å². The summed E-state index contributed by atoms with van der Waals surface area (Å²) in [6.07, 6.45) is 9.76. The maximum atomic E-state index is 14.7. The SMILES string of the molecule is CCCCC1=NC2(CCCC2)C(=O)N1Cc1ccc(-c2ccccc2S(=O)(=O)N(COCC[Si](C)(C)C)c2noc(C)c2Cl)c(COC2CCC2)c1. The summed E-state index contributed by atoms with van der Waals surface area (Å²) < 4.78 is 48.2. The lowest BCUT2D eigenvalue weighted by Crippen LogP contribution is -2.40. The fraction of sp³-hybridized carbons (Fsp3) is 0.564. The number of sulfonamides is 1. The molecule has 0 N–H and O–H groups in total. The largest absolute Gasteiger partial charge is 0.374 e. The fourth-order valence-corrected chi connectivity index (χ4v) is 9.55. The second-order valence-electron chi connectivity index (χ2n) is 15.7. The highest BCUT2D eigenvalue weighted by molar-refractivity contribution is 7.93. The summed E-state index contributed by atoms with van der Waals surface area (Å²) in [4.78, 5) is 21.0. The molecule has 3 aliphatic rings. The Hall–Kier alpha value is -3.03. The number of carbonyl (C=O) groups is 1. The van der Waals surface area contributed by atoms with Crippen molar-refractivity contribution in [2.75, 3.05) is 17.6 Å². The second-order valence-corrected chi connectivity index (χ2v) is 23.5. The lowest BCUT2D eigenvalue weighted by atomic mass is 9.95. The Labute approximate surface area is 315 Å². The maximum Gasteiger partial charge on any atom is 0.268 e. The van der Waals surface area contributed by atoms with Crippen molar-refractivity contribution in [1.82, 2.24) is 10.1 Å². The Morgan fingerprint density at radius 1 is 1.08 bits per heavy atom. The van der Waals surface area contributed by atoms with Crippen molar-refractivity contribution in [3.05, 3.63) is 64.4 Å². The predicted molar refractivity (Wildman–Crippen MR) is 208 cm³/mol. The van der Waals surface area contributed by atoms with Gasteiger partial charge in [0.1, 0.15) is 23.1 Å². The van der Waals surface area contributed by atoms with Crippen molar-refractivity contribution in [2.24, 2.45) is 4.99 Å². The Balaban J connectivity index is 1.35. The van der Waals surface area contributed by atoms with Crippen LogP contribution in [0.25, 0.3) is 11.1 Å². The zero-order valence-electron chi connectivity index (χ0n) is 31.2. The molecular formula is C39H53ClN4O6SSi. The summed E-state index contributed by atoms with van der Waals surface area (Å²) >= 11 is 6.57. The first kappa shape index (κ1) is 38.7. The van der Waals surface area contributed by atoms with Crippen LogP contribution in [0.3, 0.4) is 0 Å². The molecule has 6 rings (SSSR count). The van der Waals surface area contributed by atoms with Crippen LogP contribution in [-0.4, -0.2) is 63.3 Å². The number of aromatic nitrogens is 1. The van der Waals surface area contributed by atoms with Crippen LogP contribution in [-0.2, 0) is 37.4 Å². The van der Waals surface area contributed by atoms with E-state index in [1.807, 2.05) is 29.2 Å². The molecule has 2 aromatic carbocycles. The van der Waals surface area contributed by atoms with Crippen molar-refractivity contribution in [3.8, 4) is 11.1 Å². The first-order valence-corrected chi connectivity index (χ1v) is 24.3. The number of amides is 1. The number of halogens is 1. The number of hydrogen-bond acceptors (Lipinski definition) is 8. The third-order valence-electron chi connectivity index (χ3n) is 10.5. The first-order chi connectivity index (χ1) is 24.8. The van der Waals surface area contributed by atoms with Crippen LogP contribution >= 0.6 is 11.6 Å². The quantitative estimate of drug-likeness (QED) is 0.0765. The number of ether oxygens (including phenoxy) is 2. The minimum Gasteiger partial charge on any atom is -0.374 e. The number of anilines is 1. The molecule has 13 heteroatoms. The van der Waals surface area contributed by atoms with Gasteiger partial charge in [-0.3, -0.25) is 14.7 Å². The van der Waals surface area contributed by atoms with Gasteiger partial charge in [0, 0.05) is 26.7 Å². The van der Waals surface area contributed by atoms with E-state index in [2.05, 4.69) is 37.8 Å². The highest BCUT2D eigenvalue weighted by Gasteiger charge is 2.49. The molecule has 0 atom stereocenters. The Morgan fingerprint density at radius 2 is 1.83 bits per heavy atom. The summed E-state index contributed by atoms with van der Waals surface area (Å²) in [5, 5.41) is 4.16. The topological polar surface area (TPSA) is 115 Å². The summed E-state index contributed by atoms with van der Waals surface area (Å²) in [5.74, 6) is 1.30. The van der Waals surface area contributed by atoms with E-state index in [0.717, 1.165) is 97.1 Å². The van der Waals surface area contributed by atoms with Gasteiger partial charge in [-0.1, -0.05) is 99.0 Å². The van der Waals surface area contributed by atoms with Crippen LogP contribution in [0.15, 0.2) is 56.9 Å².